The Morgan fingerprint density at radius 3 is 2.89 bits per heavy atom. The molecule has 1 aliphatic carbocycles. The first-order chi connectivity index (χ1) is 4.43. The van der Waals surface area contributed by atoms with Crippen molar-refractivity contribution in [2.75, 3.05) is 20.2 Å². The summed E-state index contributed by atoms with van der Waals surface area (Å²) in [6.45, 7) is 1.72. The summed E-state index contributed by atoms with van der Waals surface area (Å²) >= 11 is 0. The van der Waals surface area contributed by atoms with Gasteiger partial charge in [0.15, 0.2) is 0 Å². The highest BCUT2D eigenvalue weighted by Gasteiger charge is 2.19. The molecule has 3 heteroatoms. The highest BCUT2D eigenvalue weighted by atomic mass is 16.6. The first kappa shape index (κ1) is 6.99. The fourth-order valence-corrected chi connectivity index (χ4v) is 0.704. The first-order valence-corrected chi connectivity index (χ1v) is 3.45. The second-order valence-corrected chi connectivity index (χ2v) is 2.28. The highest BCUT2D eigenvalue weighted by Crippen LogP contribution is 2.17. The SMILES string of the molecule is CNOCCNC1CC1. The van der Waals surface area contributed by atoms with Gasteiger partial charge >= 0.3 is 0 Å². The van der Waals surface area contributed by atoms with E-state index >= 15 is 0 Å². The number of hydrogen-bond acceptors (Lipinski definition) is 3. The van der Waals surface area contributed by atoms with Gasteiger partial charge in [0, 0.05) is 19.6 Å². The van der Waals surface area contributed by atoms with Crippen molar-refractivity contribution >= 4 is 0 Å². The quantitative estimate of drug-likeness (QED) is 0.402. The maximum absolute atomic E-state index is 4.90. The Kier molecular flexibility index (Phi) is 2.97. The Bertz CT molecular complexity index is 73.5. The molecule has 0 unspecified atom stereocenters. The lowest BCUT2D eigenvalue weighted by molar-refractivity contribution is 0.0599. The van der Waals surface area contributed by atoms with Gasteiger partial charge in [-0.2, -0.15) is 0 Å². The largest absolute Gasteiger partial charge is 0.312 e. The second-order valence-electron chi connectivity index (χ2n) is 2.28. The van der Waals surface area contributed by atoms with Gasteiger partial charge in [0.1, 0.15) is 0 Å². The zero-order valence-electron chi connectivity index (χ0n) is 5.81. The summed E-state index contributed by atoms with van der Waals surface area (Å²) < 4.78 is 0. The molecule has 54 valence electrons. The van der Waals surface area contributed by atoms with Crippen LogP contribution in [0.5, 0.6) is 0 Å². The Morgan fingerprint density at radius 1 is 1.56 bits per heavy atom. The van der Waals surface area contributed by atoms with Crippen molar-refractivity contribution in [3.63, 3.8) is 0 Å². The summed E-state index contributed by atoms with van der Waals surface area (Å²) in [6.07, 6.45) is 2.69. The van der Waals surface area contributed by atoms with Crippen LogP contribution >= 0.6 is 0 Å². The molecular formula is C6H14N2O. The van der Waals surface area contributed by atoms with Gasteiger partial charge in [-0.3, -0.25) is 0 Å². The van der Waals surface area contributed by atoms with Gasteiger partial charge in [-0.1, -0.05) is 0 Å². The van der Waals surface area contributed by atoms with Crippen LogP contribution in [0.1, 0.15) is 12.8 Å². The minimum atomic E-state index is 0.757. The summed E-state index contributed by atoms with van der Waals surface area (Å²) in [4.78, 5) is 4.90. The van der Waals surface area contributed by atoms with E-state index in [0.717, 1.165) is 19.2 Å². The predicted molar refractivity (Wildman–Crippen MR) is 36.0 cm³/mol. The van der Waals surface area contributed by atoms with Crippen molar-refractivity contribution in [3.05, 3.63) is 0 Å². The van der Waals surface area contributed by atoms with Crippen LogP contribution in [0.2, 0.25) is 0 Å². The van der Waals surface area contributed by atoms with Crippen LogP contribution in [-0.4, -0.2) is 26.2 Å². The fourth-order valence-electron chi connectivity index (χ4n) is 0.704. The average molecular weight is 130 g/mol. The Hall–Kier alpha value is -0.120. The fraction of sp³-hybridized carbons (Fsp3) is 1.00. The summed E-state index contributed by atoms with van der Waals surface area (Å²) in [6, 6.07) is 0.797. The smallest absolute Gasteiger partial charge is 0.0806 e. The molecule has 0 radical (unpaired) electrons. The molecule has 0 aromatic rings. The Labute approximate surface area is 55.7 Å². The standard InChI is InChI=1S/C6H14N2O/c1-7-9-5-4-8-6-2-3-6/h6-8H,2-5H2,1H3. The molecule has 0 saturated heterocycles. The molecule has 0 spiro atoms. The van der Waals surface area contributed by atoms with E-state index in [2.05, 4.69) is 10.8 Å². The molecule has 0 bridgehead atoms. The molecule has 0 amide bonds. The van der Waals surface area contributed by atoms with Crippen molar-refractivity contribution in [2.45, 2.75) is 18.9 Å². The van der Waals surface area contributed by atoms with Gasteiger partial charge < -0.3 is 10.2 Å². The summed E-state index contributed by atoms with van der Waals surface area (Å²) in [7, 11) is 1.77. The minimum Gasteiger partial charge on any atom is -0.312 e. The van der Waals surface area contributed by atoms with Crippen LogP contribution in [0, 0.1) is 0 Å². The number of nitrogens with one attached hydrogen (secondary N) is 2. The van der Waals surface area contributed by atoms with E-state index in [1.165, 1.54) is 12.8 Å². The minimum absolute atomic E-state index is 0.757. The van der Waals surface area contributed by atoms with Crippen molar-refractivity contribution in [1.29, 1.82) is 0 Å². The van der Waals surface area contributed by atoms with Crippen molar-refractivity contribution in [1.82, 2.24) is 10.8 Å². The molecule has 0 atom stereocenters. The first-order valence-electron chi connectivity index (χ1n) is 3.45. The van der Waals surface area contributed by atoms with Gasteiger partial charge in [-0.05, 0) is 12.8 Å². The van der Waals surface area contributed by atoms with E-state index in [0.29, 0.717) is 0 Å². The van der Waals surface area contributed by atoms with Crippen LogP contribution in [0.25, 0.3) is 0 Å². The topological polar surface area (TPSA) is 33.3 Å². The Balaban J connectivity index is 1.71. The number of hydrogen-bond donors (Lipinski definition) is 2. The predicted octanol–water partition coefficient (Wildman–Crippen LogP) is -0.111. The Morgan fingerprint density at radius 2 is 2.33 bits per heavy atom. The molecule has 0 aromatic heterocycles. The molecule has 0 heterocycles. The second kappa shape index (κ2) is 3.82. The molecular weight excluding hydrogens is 116 g/mol. The van der Waals surface area contributed by atoms with Crippen LogP contribution in [-0.2, 0) is 4.84 Å². The van der Waals surface area contributed by atoms with E-state index in [9.17, 15) is 0 Å². The van der Waals surface area contributed by atoms with E-state index < -0.39 is 0 Å². The molecule has 1 aliphatic rings. The van der Waals surface area contributed by atoms with Crippen LogP contribution in [0.3, 0.4) is 0 Å². The molecule has 3 nitrogen and oxygen atoms in total. The van der Waals surface area contributed by atoms with E-state index in [4.69, 9.17) is 4.84 Å². The van der Waals surface area contributed by atoms with Gasteiger partial charge in [0.25, 0.3) is 0 Å². The molecule has 9 heavy (non-hydrogen) atoms. The third-order valence-corrected chi connectivity index (χ3v) is 1.36. The van der Waals surface area contributed by atoms with Crippen molar-refractivity contribution < 1.29 is 4.84 Å². The van der Waals surface area contributed by atoms with Gasteiger partial charge in [-0.15, -0.1) is 0 Å². The molecule has 0 aliphatic heterocycles. The molecule has 1 rings (SSSR count). The van der Waals surface area contributed by atoms with Crippen LogP contribution < -0.4 is 10.8 Å². The zero-order chi connectivity index (χ0) is 6.53. The monoisotopic (exact) mass is 130 g/mol. The van der Waals surface area contributed by atoms with Gasteiger partial charge in [-0.25, -0.2) is 5.48 Å². The van der Waals surface area contributed by atoms with Gasteiger partial charge in [0.05, 0.1) is 6.61 Å². The lowest BCUT2D eigenvalue weighted by Gasteiger charge is -2.01. The number of rotatable bonds is 5. The third-order valence-electron chi connectivity index (χ3n) is 1.36. The normalized spacial score (nSPS) is 18.3. The maximum atomic E-state index is 4.90. The summed E-state index contributed by atoms with van der Waals surface area (Å²) in [5.41, 5.74) is 2.62. The van der Waals surface area contributed by atoms with Crippen molar-refractivity contribution in [2.24, 2.45) is 0 Å². The number of hydroxylamine groups is 1. The molecule has 0 aromatic carbocycles. The van der Waals surface area contributed by atoms with Crippen LogP contribution in [0.15, 0.2) is 0 Å². The van der Waals surface area contributed by atoms with E-state index in [1.54, 1.807) is 7.05 Å². The molecule has 1 saturated carbocycles. The third kappa shape index (κ3) is 3.46. The van der Waals surface area contributed by atoms with E-state index in [1.807, 2.05) is 0 Å². The van der Waals surface area contributed by atoms with Gasteiger partial charge in [0.2, 0.25) is 0 Å². The average Bonchev–Trinajstić information content (AvgIpc) is 2.63. The maximum Gasteiger partial charge on any atom is 0.0806 e. The van der Waals surface area contributed by atoms with Crippen LogP contribution in [0.4, 0.5) is 0 Å². The lowest BCUT2D eigenvalue weighted by atomic mass is 10.6. The molecule has 1 fully saturated rings. The zero-order valence-corrected chi connectivity index (χ0v) is 5.81. The highest BCUT2D eigenvalue weighted by molar-refractivity contribution is 4.80. The van der Waals surface area contributed by atoms with Crippen molar-refractivity contribution in [3.8, 4) is 0 Å². The lowest BCUT2D eigenvalue weighted by Crippen LogP contribution is -2.24. The summed E-state index contributed by atoms with van der Waals surface area (Å²) in [5, 5.41) is 3.33. The molecule has 2 N–H and O–H groups in total. The summed E-state index contributed by atoms with van der Waals surface area (Å²) in [5.74, 6) is 0. The van der Waals surface area contributed by atoms with E-state index in [-0.39, 0.29) is 0 Å².